The third-order valence-electron chi connectivity index (χ3n) is 8.86. The van der Waals surface area contributed by atoms with Gasteiger partial charge in [-0.2, -0.15) is 5.26 Å². The monoisotopic (exact) mass is 622 g/mol. The molecule has 0 saturated carbocycles. The summed E-state index contributed by atoms with van der Waals surface area (Å²) in [6.45, 7) is 8.96. The van der Waals surface area contributed by atoms with Crippen LogP contribution >= 0.6 is 0 Å². The zero-order valence-electron chi connectivity index (χ0n) is 26.3. The molecular formula is C34H38N8O4. The number of ether oxygens (including phenoxy) is 2. The van der Waals surface area contributed by atoms with Crippen LogP contribution in [0, 0.1) is 11.3 Å². The van der Waals surface area contributed by atoms with Crippen LogP contribution in [0.2, 0.25) is 0 Å². The van der Waals surface area contributed by atoms with E-state index in [0.717, 1.165) is 6.54 Å². The van der Waals surface area contributed by atoms with Gasteiger partial charge in [0.15, 0.2) is 11.5 Å². The summed E-state index contributed by atoms with van der Waals surface area (Å²) in [5.41, 5.74) is 7.11. The maximum absolute atomic E-state index is 14.0. The van der Waals surface area contributed by atoms with E-state index < -0.39 is 5.54 Å². The number of likely N-dealkylation sites (tertiary alicyclic amines) is 1. The van der Waals surface area contributed by atoms with Crippen LogP contribution in [-0.4, -0.2) is 79.2 Å². The van der Waals surface area contributed by atoms with Crippen LogP contribution in [0.15, 0.2) is 77.4 Å². The molecule has 238 valence electrons. The molecule has 0 radical (unpaired) electrons. The molecule has 12 heteroatoms. The summed E-state index contributed by atoms with van der Waals surface area (Å²) in [4.78, 5) is 40.2. The van der Waals surface area contributed by atoms with Crippen molar-refractivity contribution in [2.24, 2.45) is 0 Å². The van der Waals surface area contributed by atoms with Gasteiger partial charge in [-0.25, -0.2) is 14.8 Å². The molecule has 2 aliphatic heterocycles. The van der Waals surface area contributed by atoms with Gasteiger partial charge in [0.2, 0.25) is 0 Å². The average Bonchev–Trinajstić information content (AvgIpc) is 3.34. The lowest BCUT2D eigenvalue weighted by molar-refractivity contribution is -0.128. The lowest BCUT2D eigenvalue weighted by atomic mass is 9.95. The fourth-order valence-electron chi connectivity index (χ4n) is 6.54. The van der Waals surface area contributed by atoms with Crippen LogP contribution in [0.4, 0.5) is 5.82 Å². The first-order valence-electron chi connectivity index (χ1n) is 15.5. The maximum Gasteiger partial charge on any atom is 0.335 e. The summed E-state index contributed by atoms with van der Waals surface area (Å²) in [6.07, 6.45) is 4.16. The van der Waals surface area contributed by atoms with E-state index in [1.165, 1.54) is 10.9 Å². The number of nitrogens with zero attached hydrogens (tertiary/aromatic N) is 7. The van der Waals surface area contributed by atoms with Crippen molar-refractivity contribution in [3.05, 3.63) is 83.1 Å². The number of imidazole rings is 1. The number of carbonyl (C=O) groups excluding carboxylic acids is 1. The number of amides is 1. The highest BCUT2D eigenvalue weighted by Gasteiger charge is 2.36. The molecule has 12 nitrogen and oxygen atoms in total. The molecule has 6 rings (SSSR count). The number of carbonyl (C=O) groups is 1. The Kier molecular flexibility index (Phi) is 8.62. The predicted octanol–water partition coefficient (Wildman–Crippen LogP) is 4.07. The van der Waals surface area contributed by atoms with Gasteiger partial charge in [-0.1, -0.05) is 25.1 Å². The normalized spacial score (nSPS) is 16.4. The molecule has 2 fully saturated rings. The van der Waals surface area contributed by atoms with Gasteiger partial charge in [0.25, 0.3) is 5.91 Å². The number of nitriles is 1. The Labute approximate surface area is 267 Å². The maximum atomic E-state index is 14.0. The summed E-state index contributed by atoms with van der Waals surface area (Å²) in [5, 5.41) is 9.98. The standard InChI is InChI=1S/C34H38N8O4/c1-4-40(26-20-45-21-26)34(2,3)18-23(19-35)32(43)39-16-14-25(15-17-39)42-31-29(30(36)37-22-38-31)41(33(42)44)24-10-12-28(13-11-24)46-27-8-6-5-7-9-27/h5-13,18,22,25-26H,4,14-17,20-21H2,1-3H3,(H2,36,37,38). The lowest BCUT2D eigenvalue weighted by Gasteiger charge is -2.45. The van der Waals surface area contributed by atoms with Crippen molar-refractivity contribution < 1.29 is 14.3 Å². The molecule has 2 N–H and O–H groups in total. The Hall–Kier alpha value is -4.99. The number of fused-ring (bicyclic) bond motifs is 1. The van der Waals surface area contributed by atoms with Gasteiger partial charge in [0, 0.05) is 24.7 Å². The van der Waals surface area contributed by atoms with Crippen LogP contribution in [0.5, 0.6) is 11.5 Å². The second-order valence-corrected chi connectivity index (χ2v) is 12.2. The van der Waals surface area contributed by atoms with Crippen LogP contribution in [0.25, 0.3) is 16.9 Å². The van der Waals surface area contributed by atoms with Gasteiger partial charge < -0.3 is 20.1 Å². The number of hydrogen-bond donors (Lipinski definition) is 1. The fraction of sp³-hybridized carbons (Fsp3) is 0.382. The van der Waals surface area contributed by atoms with E-state index in [9.17, 15) is 14.9 Å². The predicted molar refractivity (Wildman–Crippen MR) is 174 cm³/mol. The molecule has 4 aromatic rings. The summed E-state index contributed by atoms with van der Waals surface area (Å²) in [5.74, 6) is 1.23. The number of nitrogen functional groups attached to an aromatic ring is 1. The minimum atomic E-state index is -0.497. The van der Waals surface area contributed by atoms with Crippen molar-refractivity contribution >= 4 is 22.9 Å². The third kappa shape index (κ3) is 5.87. The molecular weight excluding hydrogens is 584 g/mol. The van der Waals surface area contributed by atoms with Crippen LogP contribution < -0.4 is 16.2 Å². The Balaban J connectivity index is 1.23. The van der Waals surface area contributed by atoms with E-state index in [1.807, 2.05) is 44.2 Å². The Morgan fingerprint density at radius 2 is 1.78 bits per heavy atom. The van der Waals surface area contributed by atoms with Crippen molar-refractivity contribution in [2.45, 2.75) is 51.2 Å². The Morgan fingerprint density at radius 1 is 1.11 bits per heavy atom. The van der Waals surface area contributed by atoms with E-state index >= 15 is 0 Å². The highest BCUT2D eigenvalue weighted by molar-refractivity contribution is 5.97. The van der Waals surface area contributed by atoms with Gasteiger partial charge in [0.1, 0.15) is 35.0 Å². The van der Waals surface area contributed by atoms with Crippen LogP contribution in [0.3, 0.4) is 0 Å². The summed E-state index contributed by atoms with van der Waals surface area (Å²) in [6, 6.07) is 18.8. The van der Waals surface area contributed by atoms with E-state index in [2.05, 4.69) is 27.9 Å². The topological polar surface area (TPSA) is 145 Å². The minimum Gasteiger partial charge on any atom is -0.457 e. The van der Waals surface area contributed by atoms with Gasteiger partial charge in [0.05, 0.1) is 24.9 Å². The number of benzene rings is 2. The molecule has 2 aromatic heterocycles. The first kappa shape index (κ1) is 31.0. The highest BCUT2D eigenvalue weighted by atomic mass is 16.5. The number of aromatic nitrogens is 4. The van der Waals surface area contributed by atoms with Gasteiger partial charge in [-0.3, -0.25) is 18.8 Å². The van der Waals surface area contributed by atoms with Crippen molar-refractivity contribution in [3.8, 4) is 23.3 Å². The zero-order chi connectivity index (χ0) is 32.4. The molecule has 2 aromatic carbocycles. The summed E-state index contributed by atoms with van der Waals surface area (Å²) >= 11 is 0. The highest BCUT2D eigenvalue weighted by Crippen LogP contribution is 2.30. The summed E-state index contributed by atoms with van der Waals surface area (Å²) < 4.78 is 14.5. The third-order valence-corrected chi connectivity index (χ3v) is 8.86. The second kappa shape index (κ2) is 12.8. The Bertz CT molecular complexity index is 1840. The quantitative estimate of drug-likeness (QED) is 0.216. The lowest BCUT2D eigenvalue weighted by Crippen LogP contribution is -2.57. The number of piperidine rings is 1. The van der Waals surface area contributed by atoms with Gasteiger partial charge in [-0.05, 0) is 75.7 Å². The average molecular weight is 623 g/mol. The van der Waals surface area contributed by atoms with Crippen LogP contribution in [-0.2, 0) is 9.53 Å². The van der Waals surface area contributed by atoms with E-state index in [-0.39, 0.29) is 35.1 Å². The molecule has 2 aliphatic rings. The van der Waals surface area contributed by atoms with E-state index in [1.54, 1.807) is 39.8 Å². The number of rotatable bonds is 9. The number of hydrogen-bond acceptors (Lipinski definition) is 9. The molecule has 1 amide bonds. The first-order chi connectivity index (χ1) is 22.2. The van der Waals surface area contributed by atoms with Gasteiger partial charge in [-0.15, -0.1) is 0 Å². The molecule has 0 atom stereocenters. The van der Waals surface area contributed by atoms with E-state index in [4.69, 9.17) is 15.2 Å². The number of anilines is 1. The number of para-hydroxylation sites is 1. The Morgan fingerprint density at radius 3 is 2.39 bits per heavy atom. The molecule has 0 bridgehead atoms. The second-order valence-electron chi connectivity index (χ2n) is 12.2. The van der Waals surface area contributed by atoms with Gasteiger partial charge >= 0.3 is 5.69 Å². The van der Waals surface area contributed by atoms with Crippen molar-refractivity contribution in [2.75, 3.05) is 38.6 Å². The van der Waals surface area contributed by atoms with E-state index in [0.29, 0.717) is 67.5 Å². The molecule has 0 aliphatic carbocycles. The molecule has 46 heavy (non-hydrogen) atoms. The van der Waals surface area contributed by atoms with Crippen LogP contribution in [0.1, 0.15) is 39.7 Å². The molecule has 0 spiro atoms. The fourth-order valence-corrected chi connectivity index (χ4v) is 6.54. The smallest absolute Gasteiger partial charge is 0.335 e. The minimum absolute atomic E-state index is 0.121. The summed E-state index contributed by atoms with van der Waals surface area (Å²) in [7, 11) is 0. The largest absolute Gasteiger partial charge is 0.457 e. The molecule has 0 unspecified atom stereocenters. The zero-order valence-corrected chi connectivity index (χ0v) is 26.3. The van der Waals surface area contributed by atoms with Crippen molar-refractivity contribution in [1.29, 1.82) is 5.26 Å². The number of likely N-dealkylation sites (N-methyl/N-ethyl adjacent to an activating group) is 1. The SMILES string of the molecule is CCN(C1COC1)C(C)(C)C=C(C#N)C(=O)N1CCC(n2c(=O)n(-c3ccc(Oc4ccccc4)cc3)c3c(N)ncnc32)CC1. The van der Waals surface area contributed by atoms with Crippen molar-refractivity contribution in [1.82, 2.24) is 28.9 Å². The van der Waals surface area contributed by atoms with Crippen molar-refractivity contribution in [3.63, 3.8) is 0 Å². The number of nitrogens with two attached hydrogens (primary N) is 1. The first-order valence-corrected chi connectivity index (χ1v) is 15.5. The molecule has 2 saturated heterocycles. The molecule has 4 heterocycles.